The second kappa shape index (κ2) is 8.96. The minimum Gasteiger partial charge on any atom is -0.440 e. The zero-order valence-electron chi connectivity index (χ0n) is 16.6. The van der Waals surface area contributed by atoms with Crippen molar-refractivity contribution in [1.82, 2.24) is 0 Å². The number of benzene rings is 3. The summed E-state index contributed by atoms with van der Waals surface area (Å²) in [6.45, 7) is 0. The monoisotopic (exact) mass is 446 g/mol. The normalized spacial score (nSPS) is 15.1. The number of hydrogen-bond donors (Lipinski definition) is 1. The van der Waals surface area contributed by atoms with Gasteiger partial charge in [-0.05, 0) is 29.8 Å². The smallest absolute Gasteiger partial charge is 0.336 e. The van der Waals surface area contributed by atoms with Crippen LogP contribution in [-0.4, -0.2) is 5.97 Å². The van der Waals surface area contributed by atoms with E-state index < -0.39 is 17.7 Å². The standard InChI is InChI=1S/C25H16ClFN2O3/c26-19-7-4-8-20(27)24(19)23-17-11-10-16(13-21(17)32-25(29)18(23)14-28)31-22(30)12-9-15-5-2-1-3-6-15/h1-13,23H,29H2/b12-9+. The molecular weight excluding hydrogens is 431 g/mol. The third kappa shape index (κ3) is 4.20. The molecule has 0 aliphatic carbocycles. The number of carbonyl (C=O) groups excluding carboxylic acids is 1. The Balaban J connectivity index is 1.66. The molecule has 0 saturated heterocycles. The van der Waals surface area contributed by atoms with E-state index in [-0.39, 0.29) is 33.5 Å². The molecule has 1 heterocycles. The molecule has 0 amide bonds. The predicted octanol–water partition coefficient (Wildman–Crippen LogP) is 5.32. The Morgan fingerprint density at radius 3 is 2.66 bits per heavy atom. The van der Waals surface area contributed by atoms with Crippen LogP contribution in [-0.2, 0) is 4.79 Å². The van der Waals surface area contributed by atoms with Crippen LogP contribution < -0.4 is 15.2 Å². The summed E-state index contributed by atoms with van der Waals surface area (Å²) in [6, 6.07) is 20.2. The number of nitrogens with two attached hydrogens (primary N) is 1. The lowest BCUT2D eigenvalue weighted by Gasteiger charge is -2.27. The molecule has 5 nitrogen and oxygen atoms in total. The Kier molecular flexibility index (Phi) is 5.93. The van der Waals surface area contributed by atoms with Gasteiger partial charge in [-0.25, -0.2) is 9.18 Å². The molecule has 3 aromatic carbocycles. The van der Waals surface area contributed by atoms with E-state index in [0.29, 0.717) is 5.56 Å². The van der Waals surface area contributed by atoms with Crippen LogP contribution in [0.2, 0.25) is 5.02 Å². The highest BCUT2D eigenvalue weighted by Crippen LogP contribution is 2.46. The van der Waals surface area contributed by atoms with Gasteiger partial charge in [-0.2, -0.15) is 5.26 Å². The minimum absolute atomic E-state index is 0.0417. The van der Waals surface area contributed by atoms with Gasteiger partial charge < -0.3 is 15.2 Å². The maximum atomic E-state index is 14.7. The van der Waals surface area contributed by atoms with Crippen molar-refractivity contribution < 1.29 is 18.7 Å². The second-order valence-electron chi connectivity index (χ2n) is 6.92. The molecule has 0 radical (unpaired) electrons. The number of nitriles is 1. The number of ether oxygens (including phenoxy) is 2. The number of hydrogen-bond acceptors (Lipinski definition) is 5. The summed E-state index contributed by atoms with van der Waals surface area (Å²) < 4.78 is 25.6. The molecule has 32 heavy (non-hydrogen) atoms. The van der Waals surface area contributed by atoms with Gasteiger partial charge in [0.15, 0.2) is 0 Å². The zero-order chi connectivity index (χ0) is 22.7. The summed E-state index contributed by atoms with van der Waals surface area (Å²) in [7, 11) is 0. The van der Waals surface area contributed by atoms with Crippen molar-refractivity contribution in [2.24, 2.45) is 5.73 Å². The highest BCUT2D eigenvalue weighted by molar-refractivity contribution is 6.31. The molecule has 4 rings (SSSR count). The van der Waals surface area contributed by atoms with E-state index in [1.807, 2.05) is 36.4 Å². The number of allylic oxidation sites excluding steroid dienone is 1. The van der Waals surface area contributed by atoms with E-state index in [1.54, 1.807) is 12.1 Å². The molecule has 3 aromatic rings. The summed E-state index contributed by atoms with van der Waals surface area (Å²) in [5, 5.41) is 9.77. The first-order valence-corrected chi connectivity index (χ1v) is 9.96. The topological polar surface area (TPSA) is 85.3 Å². The Morgan fingerprint density at radius 2 is 1.94 bits per heavy atom. The van der Waals surface area contributed by atoms with E-state index in [1.165, 1.54) is 36.4 Å². The van der Waals surface area contributed by atoms with Crippen LogP contribution in [0.15, 0.2) is 84.3 Å². The lowest BCUT2D eigenvalue weighted by atomic mass is 9.83. The molecule has 1 aliphatic rings. The van der Waals surface area contributed by atoms with Gasteiger partial charge in [0.1, 0.15) is 29.0 Å². The molecule has 2 N–H and O–H groups in total. The number of fused-ring (bicyclic) bond motifs is 1. The first kappa shape index (κ1) is 21.2. The number of halogens is 2. The van der Waals surface area contributed by atoms with Gasteiger partial charge in [-0.3, -0.25) is 0 Å². The third-order valence-corrected chi connectivity index (χ3v) is 5.24. The van der Waals surface area contributed by atoms with Crippen molar-refractivity contribution in [2.75, 3.05) is 0 Å². The van der Waals surface area contributed by atoms with Gasteiger partial charge in [0.25, 0.3) is 0 Å². The molecule has 158 valence electrons. The highest BCUT2D eigenvalue weighted by atomic mass is 35.5. The zero-order valence-corrected chi connectivity index (χ0v) is 17.3. The van der Waals surface area contributed by atoms with Gasteiger partial charge in [0.05, 0.1) is 5.92 Å². The maximum absolute atomic E-state index is 14.7. The molecular formula is C25H16ClFN2O3. The Morgan fingerprint density at radius 1 is 1.16 bits per heavy atom. The van der Waals surface area contributed by atoms with Crippen molar-refractivity contribution in [3.05, 3.63) is 112 Å². The van der Waals surface area contributed by atoms with E-state index in [0.717, 1.165) is 5.56 Å². The lowest BCUT2D eigenvalue weighted by molar-refractivity contribution is -0.128. The summed E-state index contributed by atoms with van der Waals surface area (Å²) >= 11 is 6.25. The largest absolute Gasteiger partial charge is 0.440 e. The summed E-state index contributed by atoms with van der Waals surface area (Å²) in [5.41, 5.74) is 7.43. The van der Waals surface area contributed by atoms with E-state index in [4.69, 9.17) is 26.8 Å². The van der Waals surface area contributed by atoms with Crippen molar-refractivity contribution in [2.45, 2.75) is 5.92 Å². The van der Waals surface area contributed by atoms with Crippen LogP contribution in [0.4, 0.5) is 4.39 Å². The van der Waals surface area contributed by atoms with Gasteiger partial charge in [-0.15, -0.1) is 0 Å². The van der Waals surface area contributed by atoms with Crippen LogP contribution in [0.1, 0.15) is 22.6 Å². The van der Waals surface area contributed by atoms with Crippen LogP contribution in [0, 0.1) is 17.1 Å². The lowest BCUT2D eigenvalue weighted by Crippen LogP contribution is -2.22. The van der Waals surface area contributed by atoms with Crippen molar-refractivity contribution in [1.29, 1.82) is 5.26 Å². The summed E-state index contributed by atoms with van der Waals surface area (Å²) in [5.74, 6) is -1.74. The van der Waals surface area contributed by atoms with E-state index in [9.17, 15) is 14.4 Å². The minimum atomic E-state index is -0.861. The molecule has 1 aliphatic heterocycles. The van der Waals surface area contributed by atoms with Crippen LogP contribution in [0.3, 0.4) is 0 Å². The average molecular weight is 447 g/mol. The number of rotatable bonds is 4. The second-order valence-corrected chi connectivity index (χ2v) is 7.33. The first-order valence-electron chi connectivity index (χ1n) is 9.58. The van der Waals surface area contributed by atoms with Gasteiger partial charge >= 0.3 is 5.97 Å². The SMILES string of the molecule is N#CC1=C(N)Oc2cc(OC(=O)/C=C/c3ccccc3)ccc2C1c1c(F)cccc1Cl. The fourth-order valence-electron chi connectivity index (χ4n) is 3.46. The molecule has 0 bridgehead atoms. The maximum Gasteiger partial charge on any atom is 0.336 e. The third-order valence-electron chi connectivity index (χ3n) is 4.91. The molecule has 0 aromatic heterocycles. The fourth-order valence-corrected chi connectivity index (χ4v) is 3.73. The average Bonchev–Trinajstić information content (AvgIpc) is 2.78. The first-order chi connectivity index (χ1) is 15.5. The fraction of sp³-hybridized carbons (Fsp3) is 0.0400. The van der Waals surface area contributed by atoms with Crippen LogP contribution in [0.5, 0.6) is 11.5 Å². The van der Waals surface area contributed by atoms with Crippen molar-refractivity contribution in [3.63, 3.8) is 0 Å². The Labute approximate surface area is 188 Å². The van der Waals surface area contributed by atoms with Gasteiger partial charge in [-0.1, -0.05) is 54.1 Å². The number of nitrogens with zero attached hydrogens (tertiary/aromatic N) is 1. The molecule has 7 heteroatoms. The molecule has 0 spiro atoms. The highest BCUT2D eigenvalue weighted by Gasteiger charge is 2.34. The number of esters is 1. The molecule has 0 saturated carbocycles. The van der Waals surface area contributed by atoms with Gasteiger partial charge in [0, 0.05) is 28.3 Å². The van der Waals surface area contributed by atoms with E-state index in [2.05, 4.69) is 0 Å². The molecule has 1 atom stereocenters. The van der Waals surface area contributed by atoms with Crippen LogP contribution >= 0.6 is 11.6 Å². The quantitative estimate of drug-likeness (QED) is 0.333. The number of carbonyl (C=O) groups is 1. The molecule has 0 fully saturated rings. The van der Waals surface area contributed by atoms with Crippen LogP contribution in [0.25, 0.3) is 6.08 Å². The molecule has 1 unspecified atom stereocenters. The Bertz CT molecular complexity index is 1280. The Hall–Kier alpha value is -4.08. The van der Waals surface area contributed by atoms with Crippen molar-refractivity contribution >= 4 is 23.6 Å². The predicted molar refractivity (Wildman–Crippen MR) is 118 cm³/mol. The van der Waals surface area contributed by atoms with E-state index >= 15 is 0 Å². The summed E-state index contributed by atoms with van der Waals surface area (Å²) in [6.07, 6.45) is 2.94. The van der Waals surface area contributed by atoms with Crippen molar-refractivity contribution in [3.8, 4) is 17.6 Å². The summed E-state index contributed by atoms with van der Waals surface area (Å²) in [4.78, 5) is 12.2. The van der Waals surface area contributed by atoms with Gasteiger partial charge in [0.2, 0.25) is 5.88 Å².